The predicted octanol–water partition coefficient (Wildman–Crippen LogP) is 3.81. The molecule has 1 aliphatic carbocycles. The molecule has 1 aromatic rings. The number of aromatic nitrogens is 1. The maximum Gasteiger partial charge on any atom is 0.213 e. The van der Waals surface area contributed by atoms with Crippen molar-refractivity contribution in [1.29, 1.82) is 0 Å². The topological polar surface area (TPSA) is 48.1 Å². The van der Waals surface area contributed by atoms with Gasteiger partial charge in [0.1, 0.15) is 6.61 Å². The lowest BCUT2D eigenvalue weighted by atomic mass is 9.88. The van der Waals surface area contributed by atoms with Gasteiger partial charge in [-0.25, -0.2) is 4.98 Å². The standard InChI is InChI=1S/C17H28N2O/c1-16(2,3)14-8-9-15(19-12-14)20-13-17(18)10-6-4-5-7-11-17/h8-9,12H,4-7,10-11,13,18H2,1-3H3. The van der Waals surface area contributed by atoms with E-state index in [1.165, 1.54) is 31.2 Å². The van der Waals surface area contributed by atoms with E-state index >= 15 is 0 Å². The van der Waals surface area contributed by atoms with Crippen molar-refractivity contribution in [2.24, 2.45) is 5.73 Å². The number of nitrogens with zero attached hydrogens (tertiary/aromatic N) is 1. The molecule has 0 bridgehead atoms. The highest BCUT2D eigenvalue weighted by molar-refractivity contribution is 5.23. The van der Waals surface area contributed by atoms with Crippen molar-refractivity contribution in [3.63, 3.8) is 0 Å². The molecule has 1 aliphatic rings. The number of pyridine rings is 1. The van der Waals surface area contributed by atoms with Gasteiger partial charge in [0, 0.05) is 12.3 Å². The van der Waals surface area contributed by atoms with Crippen LogP contribution in [-0.2, 0) is 5.41 Å². The van der Waals surface area contributed by atoms with E-state index in [1.807, 2.05) is 12.3 Å². The third-order valence-electron chi connectivity index (χ3n) is 4.21. The first-order valence-electron chi connectivity index (χ1n) is 7.77. The van der Waals surface area contributed by atoms with E-state index < -0.39 is 0 Å². The second-order valence-electron chi connectivity index (χ2n) is 7.20. The van der Waals surface area contributed by atoms with Gasteiger partial charge in [0.25, 0.3) is 0 Å². The van der Waals surface area contributed by atoms with Crippen LogP contribution in [0.4, 0.5) is 0 Å². The molecule has 1 saturated carbocycles. The summed E-state index contributed by atoms with van der Waals surface area (Å²) in [6.45, 7) is 7.13. The molecule has 3 heteroatoms. The van der Waals surface area contributed by atoms with Crippen molar-refractivity contribution < 1.29 is 4.74 Å². The first-order valence-corrected chi connectivity index (χ1v) is 7.77. The molecule has 112 valence electrons. The summed E-state index contributed by atoms with van der Waals surface area (Å²) in [6, 6.07) is 4.05. The quantitative estimate of drug-likeness (QED) is 0.854. The molecular formula is C17H28N2O. The normalized spacial score (nSPS) is 19.4. The Morgan fingerprint density at radius 3 is 2.30 bits per heavy atom. The Bertz CT molecular complexity index is 412. The van der Waals surface area contributed by atoms with Gasteiger partial charge in [-0.05, 0) is 23.8 Å². The van der Waals surface area contributed by atoms with Crippen LogP contribution in [0.25, 0.3) is 0 Å². The average Bonchev–Trinajstić information content (AvgIpc) is 2.61. The molecule has 2 rings (SSSR count). The molecule has 0 atom stereocenters. The van der Waals surface area contributed by atoms with Crippen LogP contribution < -0.4 is 10.5 Å². The summed E-state index contributed by atoms with van der Waals surface area (Å²) in [5.74, 6) is 0.687. The van der Waals surface area contributed by atoms with Crippen LogP contribution in [0.3, 0.4) is 0 Å². The van der Waals surface area contributed by atoms with Gasteiger partial charge in [-0.2, -0.15) is 0 Å². The van der Waals surface area contributed by atoms with Gasteiger partial charge in [-0.3, -0.25) is 0 Å². The van der Waals surface area contributed by atoms with Crippen molar-refractivity contribution in [2.45, 2.75) is 70.3 Å². The second-order valence-corrected chi connectivity index (χ2v) is 7.20. The maximum absolute atomic E-state index is 6.45. The van der Waals surface area contributed by atoms with Gasteiger partial charge in [0.15, 0.2) is 0 Å². The molecule has 1 fully saturated rings. The molecule has 0 aromatic carbocycles. The molecule has 2 N–H and O–H groups in total. The molecule has 1 aromatic heterocycles. The van der Waals surface area contributed by atoms with Crippen LogP contribution in [0, 0.1) is 0 Å². The zero-order chi connectivity index (χ0) is 14.6. The minimum absolute atomic E-state index is 0.127. The van der Waals surface area contributed by atoms with Gasteiger partial charge >= 0.3 is 0 Å². The molecule has 0 saturated heterocycles. The molecule has 1 heterocycles. The number of nitrogens with two attached hydrogens (primary N) is 1. The van der Waals surface area contributed by atoms with Crippen LogP contribution in [-0.4, -0.2) is 17.1 Å². The fraction of sp³-hybridized carbons (Fsp3) is 0.706. The number of hydrogen-bond acceptors (Lipinski definition) is 3. The van der Waals surface area contributed by atoms with E-state index in [0.717, 1.165) is 12.8 Å². The van der Waals surface area contributed by atoms with Crippen LogP contribution in [0.5, 0.6) is 5.88 Å². The van der Waals surface area contributed by atoms with Gasteiger partial charge in [0.2, 0.25) is 5.88 Å². The van der Waals surface area contributed by atoms with Crippen LogP contribution in [0.1, 0.15) is 64.9 Å². The maximum atomic E-state index is 6.45. The lowest BCUT2D eigenvalue weighted by Crippen LogP contribution is -2.45. The van der Waals surface area contributed by atoms with Crippen molar-refractivity contribution in [2.75, 3.05) is 6.61 Å². The lowest BCUT2D eigenvalue weighted by Gasteiger charge is -2.27. The Balaban J connectivity index is 1.93. The van der Waals surface area contributed by atoms with Gasteiger partial charge in [-0.1, -0.05) is 52.5 Å². The van der Waals surface area contributed by atoms with Gasteiger partial charge in [0.05, 0.1) is 5.54 Å². The second kappa shape index (κ2) is 6.13. The summed E-state index contributed by atoms with van der Waals surface area (Å²) < 4.78 is 5.84. The highest BCUT2D eigenvalue weighted by Gasteiger charge is 2.27. The van der Waals surface area contributed by atoms with E-state index in [4.69, 9.17) is 10.5 Å². The Morgan fingerprint density at radius 2 is 1.80 bits per heavy atom. The Hall–Kier alpha value is -1.09. The van der Waals surface area contributed by atoms with Crippen LogP contribution in [0.2, 0.25) is 0 Å². The zero-order valence-electron chi connectivity index (χ0n) is 13.1. The molecule has 0 spiro atoms. The third-order valence-corrected chi connectivity index (χ3v) is 4.21. The van der Waals surface area contributed by atoms with Crippen LogP contribution in [0.15, 0.2) is 18.3 Å². The summed E-state index contributed by atoms with van der Waals surface area (Å²) in [7, 11) is 0. The highest BCUT2D eigenvalue weighted by atomic mass is 16.5. The van der Waals surface area contributed by atoms with Gasteiger partial charge in [-0.15, -0.1) is 0 Å². The minimum Gasteiger partial charge on any atom is -0.476 e. The largest absolute Gasteiger partial charge is 0.476 e. The molecule has 3 nitrogen and oxygen atoms in total. The molecule has 20 heavy (non-hydrogen) atoms. The van der Waals surface area contributed by atoms with Gasteiger partial charge < -0.3 is 10.5 Å². The van der Waals surface area contributed by atoms with E-state index in [-0.39, 0.29) is 11.0 Å². The number of hydrogen-bond donors (Lipinski definition) is 1. The smallest absolute Gasteiger partial charge is 0.213 e. The summed E-state index contributed by atoms with van der Waals surface area (Å²) >= 11 is 0. The van der Waals surface area contributed by atoms with E-state index in [2.05, 4.69) is 31.8 Å². The Morgan fingerprint density at radius 1 is 1.15 bits per heavy atom. The minimum atomic E-state index is -0.166. The van der Waals surface area contributed by atoms with Crippen molar-refractivity contribution >= 4 is 0 Å². The molecule has 0 aliphatic heterocycles. The van der Waals surface area contributed by atoms with Crippen molar-refractivity contribution in [3.8, 4) is 5.88 Å². The van der Waals surface area contributed by atoms with E-state index in [1.54, 1.807) is 0 Å². The van der Waals surface area contributed by atoms with Crippen molar-refractivity contribution in [3.05, 3.63) is 23.9 Å². The summed E-state index contributed by atoms with van der Waals surface area (Å²) in [6.07, 6.45) is 9.08. The monoisotopic (exact) mass is 276 g/mol. The highest BCUT2D eigenvalue weighted by Crippen LogP contribution is 2.26. The number of rotatable bonds is 3. The number of ether oxygens (including phenoxy) is 1. The molecular weight excluding hydrogens is 248 g/mol. The summed E-state index contributed by atoms with van der Waals surface area (Å²) in [4.78, 5) is 4.41. The Kier molecular flexibility index (Phi) is 4.69. The fourth-order valence-corrected chi connectivity index (χ4v) is 2.70. The average molecular weight is 276 g/mol. The van der Waals surface area contributed by atoms with E-state index in [0.29, 0.717) is 12.5 Å². The summed E-state index contributed by atoms with van der Waals surface area (Å²) in [5, 5.41) is 0. The first-order chi connectivity index (χ1) is 9.39. The van der Waals surface area contributed by atoms with E-state index in [9.17, 15) is 0 Å². The molecule has 0 unspecified atom stereocenters. The third kappa shape index (κ3) is 4.20. The zero-order valence-corrected chi connectivity index (χ0v) is 13.1. The lowest BCUT2D eigenvalue weighted by molar-refractivity contribution is 0.193. The fourth-order valence-electron chi connectivity index (χ4n) is 2.70. The first kappa shape index (κ1) is 15.3. The molecule has 0 amide bonds. The van der Waals surface area contributed by atoms with Crippen molar-refractivity contribution in [1.82, 2.24) is 4.98 Å². The van der Waals surface area contributed by atoms with Crippen LogP contribution >= 0.6 is 0 Å². The summed E-state index contributed by atoms with van der Waals surface area (Å²) in [5.41, 5.74) is 7.64. The SMILES string of the molecule is CC(C)(C)c1ccc(OCC2(N)CCCCCC2)nc1. The molecule has 0 radical (unpaired) electrons. The predicted molar refractivity (Wildman–Crippen MR) is 83.1 cm³/mol. The Labute approximate surface area is 122 Å².